The second kappa shape index (κ2) is 13.8. The van der Waals surface area contributed by atoms with E-state index in [0.29, 0.717) is 28.9 Å². The second-order valence-corrected chi connectivity index (χ2v) is 9.68. The monoisotopic (exact) mass is 512 g/mol. The number of hydrogen-bond acceptors (Lipinski definition) is 7. The molecule has 37 heavy (non-hydrogen) atoms. The molecule has 0 radical (unpaired) electrons. The van der Waals surface area contributed by atoms with E-state index in [4.69, 9.17) is 20.4 Å². The number of piperidine rings is 1. The number of nitrogens with zero attached hydrogens (tertiary/aromatic N) is 2. The minimum atomic E-state index is -2.27. The van der Waals surface area contributed by atoms with E-state index in [-0.39, 0.29) is 5.78 Å². The van der Waals surface area contributed by atoms with Crippen LogP contribution in [0.1, 0.15) is 37.0 Å². The first-order valence-corrected chi connectivity index (χ1v) is 12.2. The van der Waals surface area contributed by atoms with Gasteiger partial charge in [0.1, 0.15) is 0 Å². The fourth-order valence-corrected chi connectivity index (χ4v) is 4.47. The Labute approximate surface area is 216 Å². The van der Waals surface area contributed by atoms with Gasteiger partial charge in [0.25, 0.3) is 0 Å². The molecule has 0 saturated carbocycles. The van der Waals surface area contributed by atoms with Gasteiger partial charge in [0.2, 0.25) is 0 Å². The number of carbonyl (C=O) groups is 3. The van der Waals surface area contributed by atoms with E-state index in [1.807, 2.05) is 30.3 Å². The summed E-state index contributed by atoms with van der Waals surface area (Å²) in [6, 6.07) is 9.60. The number of aliphatic carboxylic acids is 2. The molecule has 9 heteroatoms. The number of ketones is 1. The number of aromatic nitrogens is 1. The molecule has 1 aromatic heterocycles. The Kier molecular flexibility index (Phi) is 11.1. The predicted octanol–water partition coefficient (Wildman–Crippen LogP) is 3.02. The van der Waals surface area contributed by atoms with Gasteiger partial charge in [-0.1, -0.05) is 44.7 Å². The van der Waals surface area contributed by atoms with Gasteiger partial charge >= 0.3 is 11.9 Å². The van der Waals surface area contributed by atoms with Crippen LogP contribution in [0.25, 0.3) is 10.9 Å². The highest BCUT2D eigenvalue weighted by atomic mass is 16.4. The van der Waals surface area contributed by atoms with Gasteiger partial charge in [0.15, 0.2) is 18.0 Å². The van der Waals surface area contributed by atoms with E-state index in [1.54, 1.807) is 6.20 Å². The van der Waals surface area contributed by atoms with E-state index >= 15 is 0 Å². The van der Waals surface area contributed by atoms with Crippen molar-refractivity contribution >= 4 is 28.6 Å². The topological polar surface area (TPSA) is 148 Å². The number of rotatable bonds is 10. The number of benzene rings is 1. The van der Waals surface area contributed by atoms with E-state index in [1.165, 1.54) is 0 Å². The lowest BCUT2D eigenvalue weighted by atomic mass is 9.80. The van der Waals surface area contributed by atoms with Gasteiger partial charge in [-0.15, -0.1) is 6.58 Å². The van der Waals surface area contributed by atoms with Gasteiger partial charge in [-0.3, -0.25) is 9.78 Å². The zero-order valence-corrected chi connectivity index (χ0v) is 21.3. The Bertz CT molecular complexity index is 1110. The third-order valence-electron chi connectivity index (χ3n) is 6.35. The molecule has 1 aliphatic rings. The van der Waals surface area contributed by atoms with Crippen LogP contribution in [-0.2, 0) is 9.59 Å². The van der Waals surface area contributed by atoms with Crippen LogP contribution >= 0.6 is 0 Å². The van der Waals surface area contributed by atoms with Gasteiger partial charge in [-0.25, -0.2) is 9.59 Å². The number of aliphatic hydroxyl groups excluding tert-OH is 2. The number of carboxylic acids is 2. The van der Waals surface area contributed by atoms with E-state index in [9.17, 15) is 14.4 Å². The fraction of sp³-hybridized carbons (Fsp3) is 0.429. The lowest BCUT2D eigenvalue weighted by Gasteiger charge is -2.38. The number of likely N-dealkylation sites (tertiary alicyclic amines) is 1. The molecular formula is C28H36N2O7. The Morgan fingerprint density at radius 2 is 1.73 bits per heavy atom. The Balaban J connectivity index is 0.000000410. The number of pyridine rings is 1. The van der Waals surface area contributed by atoms with Crippen LogP contribution in [-0.4, -0.2) is 79.9 Å². The molecule has 200 valence electrons. The summed E-state index contributed by atoms with van der Waals surface area (Å²) in [6.45, 7) is 16.0. The normalized spacial score (nSPS) is 19.4. The average molecular weight is 513 g/mol. The number of fused-ring (bicyclic) bond motifs is 1. The highest BCUT2D eigenvalue weighted by Crippen LogP contribution is 2.31. The summed E-state index contributed by atoms with van der Waals surface area (Å²) in [5.74, 6) is -1.97. The van der Waals surface area contributed by atoms with Crippen molar-refractivity contribution in [2.75, 3.05) is 19.6 Å². The maximum absolute atomic E-state index is 13.1. The van der Waals surface area contributed by atoms with Crippen LogP contribution in [0.2, 0.25) is 0 Å². The summed E-state index contributed by atoms with van der Waals surface area (Å²) in [7, 11) is 0. The summed E-state index contributed by atoms with van der Waals surface area (Å²) in [5.41, 5.74) is 2.25. The molecule has 0 amide bonds. The molecule has 1 fully saturated rings. The van der Waals surface area contributed by atoms with Crippen LogP contribution in [0.3, 0.4) is 0 Å². The summed E-state index contributed by atoms with van der Waals surface area (Å²) in [4.78, 5) is 39.5. The highest BCUT2D eigenvalue weighted by molar-refractivity contribution is 6.15. The van der Waals surface area contributed by atoms with Crippen molar-refractivity contribution in [1.29, 1.82) is 0 Å². The van der Waals surface area contributed by atoms with Crippen LogP contribution in [0.15, 0.2) is 61.3 Å². The number of carbonyl (C=O) groups excluding carboxylic acids is 1. The SMILES string of the molecule is C=CC1CN(CC(C)C)CCC1CC(=C)C(=O)c1ccnc2ccccc12.O=C(O)C(O)C(O)C(=O)O. The largest absolute Gasteiger partial charge is 0.479 e. The number of Topliss-reactive ketones (excluding diaryl/α,β-unsaturated/α-hetero) is 1. The van der Waals surface area contributed by atoms with Gasteiger partial charge in [0, 0.05) is 30.2 Å². The van der Waals surface area contributed by atoms with Crippen molar-refractivity contribution < 1.29 is 34.8 Å². The Morgan fingerprint density at radius 3 is 2.30 bits per heavy atom. The maximum Gasteiger partial charge on any atom is 0.335 e. The summed E-state index contributed by atoms with van der Waals surface area (Å²) >= 11 is 0. The lowest BCUT2D eigenvalue weighted by Crippen LogP contribution is -2.41. The number of hydrogen-bond donors (Lipinski definition) is 4. The molecule has 0 bridgehead atoms. The molecule has 9 nitrogen and oxygen atoms in total. The van der Waals surface area contributed by atoms with Crippen molar-refractivity contribution in [1.82, 2.24) is 9.88 Å². The van der Waals surface area contributed by atoms with Gasteiger partial charge in [-0.05, 0) is 54.8 Å². The fourth-order valence-electron chi connectivity index (χ4n) is 4.47. The van der Waals surface area contributed by atoms with Crippen LogP contribution in [0.5, 0.6) is 0 Å². The molecule has 4 N–H and O–H groups in total. The van der Waals surface area contributed by atoms with Crippen molar-refractivity contribution in [2.45, 2.75) is 38.9 Å². The first kappa shape index (κ1) is 29.8. The molecule has 2 heterocycles. The minimum Gasteiger partial charge on any atom is -0.479 e. The molecule has 0 spiro atoms. The van der Waals surface area contributed by atoms with E-state index < -0.39 is 24.1 Å². The van der Waals surface area contributed by atoms with Gasteiger partial charge in [-0.2, -0.15) is 0 Å². The van der Waals surface area contributed by atoms with E-state index in [0.717, 1.165) is 43.4 Å². The third-order valence-corrected chi connectivity index (χ3v) is 6.35. The van der Waals surface area contributed by atoms with Gasteiger partial charge < -0.3 is 25.3 Å². The number of aliphatic hydroxyl groups is 2. The molecule has 2 aromatic rings. The molecule has 0 aliphatic carbocycles. The second-order valence-electron chi connectivity index (χ2n) is 9.68. The standard InChI is InChI=1S/C24H30N2O.C4H6O6/c1-5-19-16-26(15-17(2)3)13-11-20(19)14-18(4)24(27)22-10-12-25-23-9-7-6-8-21(22)23;5-1(3(7)8)2(6)4(9)10/h5-10,12,17,19-20H,1,4,11,13-16H2,2-3H3;1-2,5-6H,(H,7,8)(H,9,10). The first-order valence-electron chi connectivity index (χ1n) is 12.2. The minimum absolute atomic E-state index is 0.0426. The number of para-hydroxylation sites is 1. The molecule has 4 atom stereocenters. The molecule has 1 aliphatic heterocycles. The summed E-state index contributed by atoms with van der Waals surface area (Å²) in [5, 5.41) is 33.4. The molecule has 3 rings (SSSR count). The van der Waals surface area contributed by atoms with Crippen molar-refractivity contribution in [3.63, 3.8) is 0 Å². The summed E-state index contributed by atoms with van der Waals surface area (Å²) < 4.78 is 0. The van der Waals surface area contributed by atoms with Crippen LogP contribution < -0.4 is 0 Å². The smallest absolute Gasteiger partial charge is 0.335 e. The summed E-state index contributed by atoms with van der Waals surface area (Å²) in [6.07, 6.45) is 1.07. The highest BCUT2D eigenvalue weighted by Gasteiger charge is 2.30. The number of carboxylic acid groups (broad SMARTS) is 2. The maximum atomic E-state index is 13.1. The zero-order valence-electron chi connectivity index (χ0n) is 21.3. The Hall–Kier alpha value is -3.40. The average Bonchev–Trinajstić information content (AvgIpc) is 2.87. The predicted molar refractivity (Wildman–Crippen MR) is 140 cm³/mol. The number of allylic oxidation sites excluding steroid dienone is 1. The van der Waals surface area contributed by atoms with Crippen LogP contribution in [0.4, 0.5) is 0 Å². The van der Waals surface area contributed by atoms with E-state index in [2.05, 4.69) is 43.0 Å². The third kappa shape index (κ3) is 8.31. The molecule has 1 saturated heterocycles. The molecular weight excluding hydrogens is 476 g/mol. The zero-order chi connectivity index (χ0) is 27.7. The Morgan fingerprint density at radius 1 is 1.11 bits per heavy atom. The molecule has 1 aromatic carbocycles. The van der Waals surface area contributed by atoms with Crippen molar-refractivity contribution in [2.24, 2.45) is 17.8 Å². The molecule has 4 unspecified atom stereocenters. The van der Waals surface area contributed by atoms with Crippen molar-refractivity contribution in [3.05, 3.63) is 66.9 Å². The first-order chi connectivity index (χ1) is 17.5. The van der Waals surface area contributed by atoms with Crippen LogP contribution in [0, 0.1) is 17.8 Å². The lowest BCUT2D eigenvalue weighted by molar-refractivity contribution is -0.165. The quantitative estimate of drug-likeness (QED) is 0.214. The van der Waals surface area contributed by atoms with Gasteiger partial charge in [0.05, 0.1) is 5.52 Å². The van der Waals surface area contributed by atoms with Crippen molar-refractivity contribution in [3.8, 4) is 0 Å².